The van der Waals surface area contributed by atoms with Gasteiger partial charge in [-0.15, -0.1) is 0 Å². The van der Waals surface area contributed by atoms with Crippen molar-refractivity contribution in [1.29, 1.82) is 0 Å². The standard InChI is InChI=1S/C21H30N2O6/c1-5-27-18(24)17-12-11-16(13-23(17)20(26)29-21(2,3)4)22-19(25)28-14-15-9-7-6-8-10-15/h6-10,16-17H,5,11-14H2,1-4H3,(H,22,25)/t16-,17+/m1/s1. The van der Waals surface area contributed by atoms with Crippen molar-refractivity contribution < 1.29 is 28.6 Å². The number of hydrogen-bond acceptors (Lipinski definition) is 6. The van der Waals surface area contributed by atoms with E-state index < -0.39 is 29.8 Å². The second-order valence-corrected chi connectivity index (χ2v) is 7.88. The largest absolute Gasteiger partial charge is 0.464 e. The van der Waals surface area contributed by atoms with E-state index in [2.05, 4.69) is 5.32 Å². The van der Waals surface area contributed by atoms with E-state index in [0.717, 1.165) is 5.56 Å². The number of nitrogens with zero attached hydrogens (tertiary/aromatic N) is 1. The average Bonchev–Trinajstić information content (AvgIpc) is 2.66. The van der Waals surface area contributed by atoms with Crippen molar-refractivity contribution >= 4 is 18.2 Å². The predicted octanol–water partition coefficient (Wildman–Crippen LogP) is 3.24. The quantitative estimate of drug-likeness (QED) is 0.596. The Balaban J connectivity index is 1.97. The maximum atomic E-state index is 12.6. The first-order chi connectivity index (χ1) is 13.7. The summed E-state index contributed by atoms with van der Waals surface area (Å²) >= 11 is 0. The highest BCUT2D eigenvalue weighted by Crippen LogP contribution is 2.22. The minimum atomic E-state index is -0.733. The second kappa shape index (κ2) is 10.1. The molecule has 2 atom stereocenters. The lowest BCUT2D eigenvalue weighted by atomic mass is 9.98. The van der Waals surface area contributed by atoms with Crippen LogP contribution in [-0.4, -0.2) is 53.9 Å². The van der Waals surface area contributed by atoms with Crippen LogP contribution in [0.25, 0.3) is 0 Å². The molecule has 1 aliphatic heterocycles. The molecule has 8 heteroatoms. The van der Waals surface area contributed by atoms with Crippen LogP contribution in [0.3, 0.4) is 0 Å². The number of alkyl carbamates (subject to hydrolysis) is 1. The Labute approximate surface area is 171 Å². The van der Waals surface area contributed by atoms with Gasteiger partial charge in [0.05, 0.1) is 12.6 Å². The van der Waals surface area contributed by atoms with Crippen molar-refractivity contribution in [2.45, 2.75) is 64.8 Å². The smallest absolute Gasteiger partial charge is 0.411 e. The molecule has 1 aliphatic rings. The van der Waals surface area contributed by atoms with Gasteiger partial charge in [0.2, 0.25) is 0 Å². The molecule has 0 aliphatic carbocycles. The first kappa shape index (κ1) is 22.5. The number of amides is 2. The van der Waals surface area contributed by atoms with Crippen LogP contribution in [0.2, 0.25) is 0 Å². The van der Waals surface area contributed by atoms with Crippen molar-refractivity contribution in [3.8, 4) is 0 Å². The van der Waals surface area contributed by atoms with Crippen molar-refractivity contribution in [1.82, 2.24) is 10.2 Å². The van der Waals surface area contributed by atoms with Crippen LogP contribution < -0.4 is 5.32 Å². The normalized spacial score (nSPS) is 19.2. The zero-order valence-corrected chi connectivity index (χ0v) is 17.5. The second-order valence-electron chi connectivity index (χ2n) is 7.88. The fourth-order valence-electron chi connectivity index (χ4n) is 3.03. The molecular weight excluding hydrogens is 376 g/mol. The highest BCUT2D eigenvalue weighted by Gasteiger charge is 2.39. The number of piperidine rings is 1. The Bertz CT molecular complexity index is 701. The summed E-state index contributed by atoms with van der Waals surface area (Å²) in [5.41, 5.74) is 0.176. The molecule has 8 nitrogen and oxygen atoms in total. The maximum absolute atomic E-state index is 12.6. The highest BCUT2D eigenvalue weighted by molar-refractivity contribution is 5.82. The first-order valence-corrected chi connectivity index (χ1v) is 9.83. The molecule has 1 aromatic rings. The van der Waals surface area contributed by atoms with E-state index in [4.69, 9.17) is 14.2 Å². The van der Waals surface area contributed by atoms with Gasteiger partial charge >= 0.3 is 18.2 Å². The Morgan fingerprint density at radius 3 is 2.41 bits per heavy atom. The third kappa shape index (κ3) is 7.29. The molecule has 160 valence electrons. The highest BCUT2D eigenvalue weighted by atomic mass is 16.6. The van der Waals surface area contributed by atoms with Gasteiger partial charge in [0.15, 0.2) is 0 Å². The SMILES string of the molecule is CCOC(=O)[C@@H]1CC[C@@H](NC(=O)OCc2ccccc2)CN1C(=O)OC(C)(C)C. The summed E-state index contributed by atoms with van der Waals surface area (Å²) in [5, 5.41) is 2.77. The Kier molecular flexibility index (Phi) is 7.87. The topological polar surface area (TPSA) is 94.2 Å². The lowest BCUT2D eigenvalue weighted by Gasteiger charge is -2.38. The van der Waals surface area contributed by atoms with Gasteiger partial charge in [0.25, 0.3) is 0 Å². The fraction of sp³-hybridized carbons (Fsp3) is 0.571. The van der Waals surface area contributed by atoms with Gasteiger partial charge in [0, 0.05) is 6.54 Å². The summed E-state index contributed by atoms with van der Waals surface area (Å²) in [5.74, 6) is -0.469. The van der Waals surface area contributed by atoms with Gasteiger partial charge in [-0.25, -0.2) is 14.4 Å². The Morgan fingerprint density at radius 2 is 1.79 bits per heavy atom. The number of ether oxygens (including phenoxy) is 3. The summed E-state index contributed by atoms with van der Waals surface area (Å²) in [6.07, 6.45) is -0.303. The number of esters is 1. The van der Waals surface area contributed by atoms with Crippen LogP contribution in [0, 0.1) is 0 Å². The molecule has 0 radical (unpaired) electrons. The molecule has 1 saturated heterocycles. The molecular formula is C21H30N2O6. The fourth-order valence-corrected chi connectivity index (χ4v) is 3.03. The lowest BCUT2D eigenvalue weighted by Crippen LogP contribution is -2.57. The number of hydrogen-bond donors (Lipinski definition) is 1. The molecule has 0 aromatic heterocycles. The molecule has 1 fully saturated rings. The lowest BCUT2D eigenvalue weighted by molar-refractivity contribution is -0.150. The monoisotopic (exact) mass is 406 g/mol. The van der Waals surface area contributed by atoms with Crippen LogP contribution in [0.4, 0.5) is 9.59 Å². The van der Waals surface area contributed by atoms with Crippen LogP contribution in [-0.2, 0) is 25.6 Å². The Morgan fingerprint density at radius 1 is 1.10 bits per heavy atom. The molecule has 2 amide bonds. The summed E-state index contributed by atoms with van der Waals surface area (Å²) < 4.78 is 15.8. The van der Waals surface area contributed by atoms with Crippen molar-refractivity contribution in [3.63, 3.8) is 0 Å². The summed E-state index contributed by atoms with van der Waals surface area (Å²) in [6, 6.07) is 8.26. The number of benzene rings is 1. The Hall–Kier alpha value is -2.77. The predicted molar refractivity (Wildman–Crippen MR) is 106 cm³/mol. The van der Waals surface area contributed by atoms with Gasteiger partial charge in [-0.1, -0.05) is 30.3 Å². The molecule has 29 heavy (non-hydrogen) atoms. The van der Waals surface area contributed by atoms with Crippen molar-refractivity contribution in [2.24, 2.45) is 0 Å². The number of carbonyl (C=O) groups is 3. The minimum absolute atomic E-state index is 0.138. The molecule has 2 rings (SSSR count). The van der Waals surface area contributed by atoms with Crippen LogP contribution in [0.5, 0.6) is 0 Å². The van der Waals surface area contributed by atoms with Gasteiger partial charge < -0.3 is 19.5 Å². The van der Waals surface area contributed by atoms with Crippen molar-refractivity contribution in [2.75, 3.05) is 13.2 Å². The average molecular weight is 406 g/mol. The number of nitrogens with one attached hydrogen (secondary N) is 1. The van der Waals surface area contributed by atoms with Gasteiger partial charge in [-0.3, -0.25) is 4.90 Å². The first-order valence-electron chi connectivity index (χ1n) is 9.83. The molecule has 0 bridgehead atoms. The molecule has 0 unspecified atom stereocenters. The molecule has 0 saturated carbocycles. The third-order valence-corrected chi connectivity index (χ3v) is 4.30. The minimum Gasteiger partial charge on any atom is -0.464 e. The summed E-state index contributed by atoms with van der Waals surface area (Å²) in [4.78, 5) is 38.4. The number of likely N-dealkylation sites (tertiary alicyclic amines) is 1. The molecule has 1 N–H and O–H groups in total. The van der Waals surface area contributed by atoms with Gasteiger partial charge in [-0.05, 0) is 46.1 Å². The van der Waals surface area contributed by atoms with E-state index in [9.17, 15) is 14.4 Å². The van der Waals surface area contributed by atoms with E-state index in [1.807, 2.05) is 30.3 Å². The van der Waals surface area contributed by atoms with Gasteiger partial charge in [-0.2, -0.15) is 0 Å². The van der Waals surface area contributed by atoms with Crippen LogP contribution in [0.15, 0.2) is 30.3 Å². The van der Waals surface area contributed by atoms with Crippen LogP contribution >= 0.6 is 0 Å². The van der Waals surface area contributed by atoms with Crippen LogP contribution in [0.1, 0.15) is 46.1 Å². The van der Waals surface area contributed by atoms with E-state index in [1.54, 1.807) is 27.7 Å². The summed E-state index contributed by atoms with van der Waals surface area (Å²) in [7, 11) is 0. The zero-order chi connectivity index (χ0) is 21.4. The maximum Gasteiger partial charge on any atom is 0.411 e. The van der Waals surface area contributed by atoms with E-state index >= 15 is 0 Å². The van der Waals surface area contributed by atoms with E-state index in [-0.39, 0.29) is 25.8 Å². The third-order valence-electron chi connectivity index (χ3n) is 4.30. The van der Waals surface area contributed by atoms with Gasteiger partial charge in [0.1, 0.15) is 18.2 Å². The van der Waals surface area contributed by atoms with Crippen molar-refractivity contribution in [3.05, 3.63) is 35.9 Å². The number of carbonyl (C=O) groups excluding carboxylic acids is 3. The van der Waals surface area contributed by atoms with E-state index in [1.165, 1.54) is 4.90 Å². The number of rotatable bonds is 5. The summed E-state index contributed by atoms with van der Waals surface area (Å²) in [6.45, 7) is 7.50. The molecule has 1 heterocycles. The molecule has 1 aromatic carbocycles. The zero-order valence-electron chi connectivity index (χ0n) is 17.5. The molecule has 0 spiro atoms. The van der Waals surface area contributed by atoms with E-state index in [0.29, 0.717) is 12.8 Å².